The van der Waals surface area contributed by atoms with Crippen LogP contribution < -0.4 is 0 Å². The lowest BCUT2D eigenvalue weighted by molar-refractivity contribution is -0.117. The molecule has 4 heteroatoms. The van der Waals surface area contributed by atoms with Gasteiger partial charge in [0.15, 0.2) is 5.78 Å². The first-order valence-corrected chi connectivity index (χ1v) is 7.42. The van der Waals surface area contributed by atoms with Gasteiger partial charge in [0.1, 0.15) is 5.75 Å². The molecule has 2 nitrogen and oxygen atoms in total. The Morgan fingerprint density at radius 1 is 1.37 bits per heavy atom. The maximum Gasteiger partial charge on any atom is 0.160 e. The second-order valence-electron chi connectivity index (χ2n) is 5.72. The van der Waals surface area contributed by atoms with E-state index in [1.165, 1.54) is 0 Å². The molecule has 0 saturated heterocycles. The number of carbonyl (C=O) groups is 1. The van der Waals surface area contributed by atoms with Crippen molar-refractivity contribution in [2.75, 3.05) is 0 Å². The molecule has 2 aliphatic rings. The van der Waals surface area contributed by atoms with Crippen LogP contribution >= 0.6 is 27.5 Å². The highest BCUT2D eigenvalue weighted by Gasteiger charge is 2.58. The number of carbonyl (C=O) groups excluding carboxylic acids is 1. The molecule has 100 valence electrons. The molecule has 0 spiro atoms. The predicted molar refractivity (Wildman–Crippen MR) is 79.7 cm³/mol. The molecule has 2 aliphatic carbocycles. The number of allylic oxidation sites excluding steroid dienone is 2. The summed E-state index contributed by atoms with van der Waals surface area (Å²) in [5.41, 5.74) is 1.94. The van der Waals surface area contributed by atoms with Crippen molar-refractivity contribution in [1.29, 1.82) is 0 Å². The maximum atomic E-state index is 12.2. The molecule has 1 unspecified atom stereocenters. The van der Waals surface area contributed by atoms with Crippen molar-refractivity contribution in [2.45, 2.75) is 29.0 Å². The van der Waals surface area contributed by atoms with Crippen LogP contribution in [0.5, 0.6) is 5.75 Å². The molecule has 1 N–H and O–H groups in total. The summed E-state index contributed by atoms with van der Waals surface area (Å²) in [4.78, 5) is 11.8. The largest absolute Gasteiger partial charge is 0.508 e. The highest BCUT2D eigenvalue weighted by atomic mass is 79.9. The van der Waals surface area contributed by atoms with E-state index in [-0.39, 0.29) is 26.6 Å². The summed E-state index contributed by atoms with van der Waals surface area (Å²) in [6.07, 6.45) is 3.14. The van der Waals surface area contributed by atoms with Crippen LogP contribution in [-0.4, -0.2) is 20.1 Å². The van der Waals surface area contributed by atoms with Crippen molar-refractivity contribution in [2.24, 2.45) is 5.92 Å². The molecule has 19 heavy (non-hydrogen) atoms. The van der Waals surface area contributed by atoms with Gasteiger partial charge in [0, 0.05) is 10.8 Å². The standard InChI is InChI=1S/C15H14BrClO2/c1-14(17)7-12-13(19)6-11(15(12,16)8-14)9-2-4-10(18)5-3-9/h2-6,12,18H,7-8H2,1H3/t12-,14-,15?/m0/s1. The molecule has 1 aromatic rings. The number of hydrogen-bond donors (Lipinski definition) is 1. The summed E-state index contributed by atoms with van der Waals surface area (Å²) in [5.74, 6) is 0.283. The fourth-order valence-corrected chi connectivity index (χ4v) is 5.13. The van der Waals surface area contributed by atoms with Gasteiger partial charge in [0.25, 0.3) is 0 Å². The molecule has 1 saturated carbocycles. The van der Waals surface area contributed by atoms with Crippen LogP contribution in [-0.2, 0) is 4.79 Å². The Labute approximate surface area is 125 Å². The third-order valence-corrected chi connectivity index (χ3v) is 5.61. The van der Waals surface area contributed by atoms with Gasteiger partial charge in [-0.15, -0.1) is 11.6 Å². The molecule has 3 rings (SSSR count). The van der Waals surface area contributed by atoms with Gasteiger partial charge in [-0.05, 0) is 49.1 Å². The summed E-state index contributed by atoms with van der Waals surface area (Å²) in [6.45, 7) is 1.98. The SMILES string of the molecule is C[C@]1(Cl)C[C@H]2C(=O)C=C(c3ccc(O)cc3)C2(Br)C1. The van der Waals surface area contributed by atoms with Gasteiger partial charge in [0.05, 0.1) is 4.32 Å². The van der Waals surface area contributed by atoms with Gasteiger partial charge in [-0.25, -0.2) is 0 Å². The van der Waals surface area contributed by atoms with E-state index in [0.29, 0.717) is 6.42 Å². The lowest BCUT2D eigenvalue weighted by atomic mass is 9.90. The molecule has 0 aromatic heterocycles. The number of alkyl halides is 2. The molecule has 0 radical (unpaired) electrons. The van der Waals surface area contributed by atoms with E-state index in [0.717, 1.165) is 17.6 Å². The van der Waals surface area contributed by atoms with Crippen molar-refractivity contribution in [1.82, 2.24) is 0 Å². The second kappa shape index (κ2) is 4.10. The maximum absolute atomic E-state index is 12.2. The quantitative estimate of drug-likeness (QED) is 0.787. The van der Waals surface area contributed by atoms with Crippen molar-refractivity contribution < 1.29 is 9.90 Å². The molecule has 0 aliphatic heterocycles. The topological polar surface area (TPSA) is 37.3 Å². The van der Waals surface area contributed by atoms with Gasteiger partial charge in [0.2, 0.25) is 0 Å². The Bertz CT molecular complexity index is 576. The number of ketones is 1. The first kappa shape index (κ1) is 13.2. The van der Waals surface area contributed by atoms with Gasteiger partial charge < -0.3 is 5.11 Å². The zero-order valence-electron chi connectivity index (χ0n) is 10.5. The molecule has 0 heterocycles. The lowest BCUT2D eigenvalue weighted by Crippen LogP contribution is -2.26. The third kappa shape index (κ3) is 2.03. The molecule has 1 fully saturated rings. The zero-order chi connectivity index (χ0) is 13.8. The van der Waals surface area contributed by atoms with Crippen LogP contribution in [0.25, 0.3) is 5.57 Å². The summed E-state index contributed by atoms with van der Waals surface area (Å²) >= 11 is 10.2. The Morgan fingerprint density at radius 2 is 2.00 bits per heavy atom. The zero-order valence-corrected chi connectivity index (χ0v) is 12.8. The Hall–Kier alpha value is -0.800. The van der Waals surface area contributed by atoms with E-state index in [1.54, 1.807) is 18.2 Å². The van der Waals surface area contributed by atoms with E-state index in [4.69, 9.17) is 11.6 Å². The van der Waals surface area contributed by atoms with Gasteiger partial charge >= 0.3 is 0 Å². The Morgan fingerprint density at radius 3 is 2.63 bits per heavy atom. The number of fused-ring (bicyclic) bond motifs is 1. The number of halogens is 2. The van der Waals surface area contributed by atoms with Crippen LogP contribution in [0.4, 0.5) is 0 Å². The van der Waals surface area contributed by atoms with Crippen molar-refractivity contribution >= 4 is 38.9 Å². The number of hydrogen-bond acceptors (Lipinski definition) is 2. The summed E-state index contributed by atoms with van der Waals surface area (Å²) in [7, 11) is 0. The first-order valence-electron chi connectivity index (χ1n) is 6.25. The van der Waals surface area contributed by atoms with Crippen molar-refractivity contribution in [3.63, 3.8) is 0 Å². The Balaban J connectivity index is 2.05. The van der Waals surface area contributed by atoms with Crippen molar-refractivity contribution in [3.8, 4) is 5.75 Å². The molecule has 0 bridgehead atoms. The number of aromatic hydroxyl groups is 1. The fourth-order valence-electron chi connectivity index (χ4n) is 3.26. The lowest BCUT2D eigenvalue weighted by Gasteiger charge is -2.26. The monoisotopic (exact) mass is 340 g/mol. The first-order chi connectivity index (χ1) is 8.82. The van der Waals surface area contributed by atoms with Crippen LogP contribution in [0.3, 0.4) is 0 Å². The minimum Gasteiger partial charge on any atom is -0.508 e. The Kier molecular flexibility index (Phi) is 2.84. The second-order valence-corrected chi connectivity index (χ2v) is 8.04. The molecule has 3 atom stereocenters. The van der Waals surface area contributed by atoms with Crippen LogP contribution in [0.2, 0.25) is 0 Å². The third-order valence-electron chi connectivity index (χ3n) is 4.06. The summed E-state index contributed by atoms with van der Waals surface area (Å²) in [6, 6.07) is 6.95. The molecular weight excluding hydrogens is 328 g/mol. The molecular formula is C15H14BrClO2. The highest BCUT2D eigenvalue weighted by molar-refractivity contribution is 9.10. The number of rotatable bonds is 1. The summed E-state index contributed by atoms with van der Waals surface area (Å²) in [5, 5.41) is 9.37. The van der Waals surface area contributed by atoms with E-state index < -0.39 is 0 Å². The van der Waals surface area contributed by atoms with E-state index >= 15 is 0 Å². The smallest absolute Gasteiger partial charge is 0.160 e. The van der Waals surface area contributed by atoms with E-state index in [2.05, 4.69) is 15.9 Å². The normalized spacial score (nSPS) is 37.3. The predicted octanol–water partition coefficient (Wildman–Crippen LogP) is 3.90. The number of phenols is 1. The number of benzene rings is 1. The van der Waals surface area contributed by atoms with Gasteiger partial charge in [-0.2, -0.15) is 0 Å². The van der Waals surface area contributed by atoms with E-state index in [1.807, 2.05) is 19.1 Å². The van der Waals surface area contributed by atoms with Gasteiger partial charge in [-0.1, -0.05) is 28.1 Å². The van der Waals surface area contributed by atoms with Gasteiger partial charge in [-0.3, -0.25) is 4.79 Å². The highest BCUT2D eigenvalue weighted by Crippen LogP contribution is 2.60. The number of phenolic OH excluding ortho intramolecular Hbond substituents is 1. The van der Waals surface area contributed by atoms with Crippen LogP contribution in [0.15, 0.2) is 30.3 Å². The minimum absolute atomic E-state index is 0.0844. The summed E-state index contributed by atoms with van der Waals surface area (Å²) < 4.78 is -0.364. The van der Waals surface area contributed by atoms with Crippen LogP contribution in [0.1, 0.15) is 25.3 Å². The molecule has 0 amide bonds. The average molecular weight is 342 g/mol. The van der Waals surface area contributed by atoms with Crippen LogP contribution in [0, 0.1) is 5.92 Å². The minimum atomic E-state index is -0.364. The average Bonchev–Trinajstić information content (AvgIpc) is 2.69. The fraction of sp³-hybridized carbons (Fsp3) is 0.400. The van der Waals surface area contributed by atoms with E-state index in [9.17, 15) is 9.90 Å². The van der Waals surface area contributed by atoms with Crippen molar-refractivity contribution in [3.05, 3.63) is 35.9 Å². The molecule has 1 aromatic carbocycles.